The first-order chi connectivity index (χ1) is 13.1. The molecule has 28 heavy (non-hydrogen) atoms. The molecule has 0 saturated carbocycles. The van der Waals surface area contributed by atoms with Crippen LogP contribution in [0, 0.1) is 6.92 Å². The van der Waals surface area contributed by atoms with Crippen LogP contribution in [0.25, 0.3) is 0 Å². The number of aryl methyl sites for hydroxylation is 1. The van der Waals surface area contributed by atoms with Gasteiger partial charge < -0.3 is 15.3 Å². The van der Waals surface area contributed by atoms with Gasteiger partial charge in [0.1, 0.15) is 11.4 Å². The quantitative estimate of drug-likeness (QED) is 0.783. The third kappa shape index (κ3) is 5.76. The van der Waals surface area contributed by atoms with E-state index in [0.29, 0.717) is 18.3 Å². The van der Waals surface area contributed by atoms with Crippen LogP contribution in [0.4, 0.5) is 13.2 Å². The van der Waals surface area contributed by atoms with Crippen molar-refractivity contribution < 1.29 is 32.5 Å². The fourth-order valence-electron chi connectivity index (χ4n) is 2.46. The molecule has 2 N–H and O–H groups in total. The van der Waals surface area contributed by atoms with Gasteiger partial charge in [0.2, 0.25) is 0 Å². The number of rotatable bonds is 4. The maximum atomic E-state index is 12.4. The second kappa shape index (κ2) is 9.15. The number of amides is 1. The molecule has 1 saturated heterocycles. The minimum Gasteiger partial charge on any atom is -0.475 e. The zero-order valence-electron chi connectivity index (χ0n) is 15.1. The van der Waals surface area contributed by atoms with E-state index in [1.165, 1.54) is 11.3 Å². The van der Waals surface area contributed by atoms with Crippen molar-refractivity contribution in [1.29, 1.82) is 0 Å². The van der Waals surface area contributed by atoms with E-state index >= 15 is 0 Å². The number of carboxylic acid groups (broad SMARTS) is 1. The van der Waals surface area contributed by atoms with Crippen molar-refractivity contribution in [3.05, 3.63) is 33.3 Å². The lowest BCUT2D eigenvalue weighted by molar-refractivity contribution is -0.192. The third-order valence-electron chi connectivity index (χ3n) is 3.96. The highest BCUT2D eigenvalue weighted by molar-refractivity contribution is 7.14. The van der Waals surface area contributed by atoms with Gasteiger partial charge in [0, 0.05) is 18.0 Å². The Labute approximate surface area is 162 Å². The summed E-state index contributed by atoms with van der Waals surface area (Å²) in [5.74, 6) is -2.75. The van der Waals surface area contributed by atoms with E-state index in [1.807, 2.05) is 13.0 Å². The van der Waals surface area contributed by atoms with E-state index in [9.17, 15) is 18.0 Å². The van der Waals surface area contributed by atoms with Gasteiger partial charge in [0.25, 0.3) is 5.91 Å². The normalized spacial score (nSPS) is 16.4. The highest BCUT2D eigenvalue weighted by Gasteiger charge is 2.38. The van der Waals surface area contributed by atoms with Gasteiger partial charge in [0.05, 0.1) is 11.4 Å². The average Bonchev–Trinajstić information content (AvgIpc) is 3.35. The van der Waals surface area contributed by atoms with Crippen LogP contribution in [-0.2, 0) is 11.3 Å². The Bertz CT molecular complexity index is 815. The van der Waals surface area contributed by atoms with E-state index in [-0.39, 0.29) is 5.91 Å². The topological polar surface area (TPSA) is 109 Å². The summed E-state index contributed by atoms with van der Waals surface area (Å²) in [7, 11) is 1.77. The van der Waals surface area contributed by atoms with Gasteiger partial charge in [-0.05, 0) is 38.4 Å². The first-order valence-electron chi connectivity index (χ1n) is 8.26. The number of aromatic nitrogens is 2. The van der Waals surface area contributed by atoms with Crippen molar-refractivity contribution in [2.75, 3.05) is 13.6 Å². The number of hydrogen-bond donors (Lipinski definition) is 2. The third-order valence-corrected chi connectivity index (χ3v) is 5.15. The number of alkyl halides is 3. The number of nitrogens with zero attached hydrogens (tertiary/aromatic N) is 3. The predicted molar refractivity (Wildman–Crippen MR) is 92.8 cm³/mol. The average molecular weight is 420 g/mol. The maximum Gasteiger partial charge on any atom is 0.490 e. The number of halogens is 3. The number of thiophene rings is 1. The molecule has 1 aliphatic rings. The highest BCUT2D eigenvalue weighted by Crippen LogP contribution is 2.29. The minimum atomic E-state index is -5.08. The molecular formula is C16H19F3N4O4S. The Kier molecular flexibility index (Phi) is 7.13. The smallest absolute Gasteiger partial charge is 0.475 e. The van der Waals surface area contributed by atoms with Crippen LogP contribution < -0.4 is 5.32 Å². The van der Waals surface area contributed by atoms with E-state index in [1.54, 1.807) is 23.3 Å². The summed E-state index contributed by atoms with van der Waals surface area (Å²) >= 11 is 1.57. The van der Waals surface area contributed by atoms with Crippen molar-refractivity contribution in [1.82, 2.24) is 20.5 Å². The van der Waals surface area contributed by atoms with Crippen LogP contribution in [0.3, 0.4) is 0 Å². The Balaban J connectivity index is 0.000000345. The highest BCUT2D eigenvalue weighted by atomic mass is 32.1. The largest absolute Gasteiger partial charge is 0.490 e. The Hall–Kier alpha value is -2.47. The maximum absolute atomic E-state index is 12.4. The zero-order chi connectivity index (χ0) is 20.9. The standard InChI is InChI=1S/C14H18N4O2S.C2HF3O2/c1-9-11(17-20-16-9)8-18(2)14(19)13-6-5-12(21-13)10-4-3-7-15-10;3-2(4,5)1(6)7/h5-6,10,15H,3-4,7-8H2,1-2H3;(H,6,7). The first-order valence-corrected chi connectivity index (χ1v) is 9.08. The molecule has 154 valence electrons. The summed E-state index contributed by atoms with van der Waals surface area (Å²) in [5, 5.41) is 18.1. The van der Waals surface area contributed by atoms with Gasteiger partial charge in [-0.1, -0.05) is 10.3 Å². The van der Waals surface area contributed by atoms with E-state index in [4.69, 9.17) is 9.90 Å². The van der Waals surface area contributed by atoms with Gasteiger partial charge in [-0.25, -0.2) is 9.42 Å². The number of hydrogen-bond acceptors (Lipinski definition) is 7. The second-order valence-corrected chi connectivity index (χ2v) is 7.23. The monoisotopic (exact) mass is 420 g/mol. The van der Waals surface area contributed by atoms with Gasteiger partial charge in [-0.3, -0.25) is 4.79 Å². The molecule has 0 aliphatic carbocycles. The molecular weight excluding hydrogens is 401 g/mol. The van der Waals surface area contributed by atoms with Crippen molar-refractivity contribution in [2.45, 2.75) is 38.5 Å². The first kappa shape index (κ1) is 21.8. The molecule has 1 atom stereocenters. The molecule has 1 fully saturated rings. The lowest BCUT2D eigenvalue weighted by Gasteiger charge is -2.14. The van der Waals surface area contributed by atoms with Gasteiger partial charge in [-0.2, -0.15) is 13.2 Å². The van der Waals surface area contributed by atoms with Crippen LogP contribution in [0.1, 0.15) is 44.8 Å². The lowest BCUT2D eigenvalue weighted by atomic mass is 10.2. The van der Waals surface area contributed by atoms with Crippen LogP contribution >= 0.6 is 11.3 Å². The predicted octanol–water partition coefficient (Wildman–Crippen LogP) is 2.77. The number of nitrogens with one attached hydrogen (secondary N) is 1. The van der Waals surface area contributed by atoms with Gasteiger partial charge in [0.15, 0.2) is 0 Å². The van der Waals surface area contributed by atoms with E-state index in [2.05, 4.69) is 26.3 Å². The molecule has 0 spiro atoms. The molecule has 0 bridgehead atoms. The summed E-state index contributed by atoms with van der Waals surface area (Å²) in [5.41, 5.74) is 1.41. The summed E-state index contributed by atoms with van der Waals surface area (Å²) in [6.07, 6.45) is -2.74. The van der Waals surface area contributed by atoms with Crippen LogP contribution in [-0.4, -0.2) is 52.0 Å². The van der Waals surface area contributed by atoms with Crippen molar-refractivity contribution in [3.63, 3.8) is 0 Å². The number of carboxylic acids is 1. The Morgan fingerprint density at radius 3 is 2.57 bits per heavy atom. The van der Waals surface area contributed by atoms with Crippen molar-refractivity contribution >= 4 is 23.2 Å². The molecule has 0 radical (unpaired) electrons. The van der Waals surface area contributed by atoms with Crippen LogP contribution in [0.5, 0.6) is 0 Å². The van der Waals surface area contributed by atoms with E-state index in [0.717, 1.165) is 23.5 Å². The van der Waals surface area contributed by atoms with Crippen LogP contribution in [0.15, 0.2) is 16.8 Å². The zero-order valence-corrected chi connectivity index (χ0v) is 15.9. The Morgan fingerprint density at radius 2 is 2.07 bits per heavy atom. The summed E-state index contributed by atoms with van der Waals surface area (Å²) in [4.78, 5) is 25.0. The van der Waals surface area contributed by atoms with Gasteiger partial charge >= 0.3 is 12.1 Å². The number of carbonyl (C=O) groups is 2. The van der Waals surface area contributed by atoms with E-state index < -0.39 is 12.1 Å². The van der Waals surface area contributed by atoms with Crippen molar-refractivity contribution in [3.8, 4) is 0 Å². The SMILES string of the molecule is Cc1nonc1CN(C)C(=O)c1ccc(C2CCCN2)s1.O=C(O)C(F)(F)F. The van der Waals surface area contributed by atoms with Gasteiger partial charge in [-0.15, -0.1) is 11.3 Å². The Morgan fingerprint density at radius 1 is 1.39 bits per heavy atom. The summed E-state index contributed by atoms with van der Waals surface area (Å²) in [6.45, 7) is 3.28. The fraction of sp³-hybridized carbons (Fsp3) is 0.500. The minimum absolute atomic E-state index is 0.00615. The molecule has 1 unspecified atom stereocenters. The molecule has 8 nitrogen and oxygen atoms in total. The second-order valence-electron chi connectivity index (χ2n) is 6.11. The number of aliphatic carboxylic acids is 1. The number of carbonyl (C=O) groups excluding carboxylic acids is 1. The molecule has 2 aromatic heterocycles. The fourth-order valence-corrected chi connectivity index (χ4v) is 3.57. The molecule has 3 rings (SSSR count). The van der Waals surface area contributed by atoms with Crippen molar-refractivity contribution in [2.24, 2.45) is 0 Å². The van der Waals surface area contributed by atoms with Crippen LogP contribution in [0.2, 0.25) is 0 Å². The molecule has 0 aromatic carbocycles. The lowest BCUT2D eigenvalue weighted by Crippen LogP contribution is -2.25. The molecule has 1 amide bonds. The summed E-state index contributed by atoms with van der Waals surface area (Å²) in [6, 6.07) is 4.37. The summed E-state index contributed by atoms with van der Waals surface area (Å²) < 4.78 is 36.4. The molecule has 2 aromatic rings. The molecule has 3 heterocycles. The molecule has 1 aliphatic heterocycles. The molecule has 12 heteroatoms.